The largest absolute Gasteiger partial charge is 0.370 e. The lowest BCUT2D eigenvalue weighted by molar-refractivity contribution is 0.600. The summed E-state index contributed by atoms with van der Waals surface area (Å²) in [6.45, 7) is 4.18. The standard InChI is InChI=1S/C16H26N2O2S/c1-4-14(17)10-13-5-6-16(12(2)9-13)18(3)15-7-8-21(19,20)11-15/h5-6,9,14-15H,4,7-8,10-11,17H2,1-3H3. The molecule has 2 atom stereocenters. The first-order valence-electron chi connectivity index (χ1n) is 7.60. The van der Waals surface area contributed by atoms with Crippen LogP contribution in [-0.2, 0) is 16.3 Å². The zero-order valence-electron chi connectivity index (χ0n) is 13.2. The van der Waals surface area contributed by atoms with Crippen LogP contribution in [0.3, 0.4) is 0 Å². The molecule has 1 aliphatic rings. The number of hydrogen-bond donors (Lipinski definition) is 1. The molecule has 1 fully saturated rings. The van der Waals surface area contributed by atoms with E-state index in [-0.39, 0.29) is 17.8 Å². The third-order valence-electron chi connectivity index (χ3n) is 4.42. The highest BCUT2D eigenvalue weighted by molar-refractivity contribution is 7.91. The number of hydrogen-bond acceptors (Lipinski definition) is 4. The molecule has 0 radical (unpaired) electrons. The highest BCUT2D eigenvalue weighted by Crippen LogP contribution is 2.26. The molecule has 2 unspecified atom stereocenters. The molecule has 1 aliphatic heterocycles. The van der Waals surface area contributed by atoms with E-state index >= 15 is 0 Å². The Hall–Kier alpha value is -1.07. The highest BCUT2D eigenvalue weighted by Gasteiger charge is 2.31. The average Bonchev–Trinajstić information content (AvgIpc) is 2.78. The summed E-state index contributed by atoms with van der Waals surface area (Å²) in [6.07, 6.45) is 2.58. The molecule has 21 heavy (non-hydrogen) atoms. The Morgan fingerprint density at radius 1 is 1.43 bits per heavy atom. The van der Waals surface area contributed by atoms with E-state index in [0.717, 1.165) is 24.9 Å². The number of sulfone groups is 1. The third-order valence-corrected chi connectivity index (χ3v) is 6.17. The van der Waals surface area contributed by atoms with E-state index in [1.807, 2.05) is 7.05 Å². The van der Waals surface area contributed by atoms with E-state index in [4.69, 9.17) is 5.73 Å². The van der Waals surface area contributed by atoms with Gasteiger partial charge in [-0.2, -0.15) is 0 Å². The first-order chi connectivity index (χ1) is 9.82. The smallest absolute Gasteiger partial charge is 0.152 e. The molecule has 0 aliphatic carbocycles. The van der Waals surface area contributed by atoms with Crippen molar-refractivity contribution in [3.8, 4) is 0 Å². The van der Waals surface area contributed by atoms with E-state index < -0.39 is 9.84 Å². The minimum absolute atomic E-state index is 0.0949. The third kappa shape index (κ3) is 3.98. The maximum Gasteiger partial charge on any atom is 0.152 e. The number of anilines is 1. The van der Waals surface area contributed by atoms with Crippen LogP contribution in [0.1, 0.15) is 30.9 Å². The highest BCUT2D eigenvalue weighted by atomic mass is 32.2. The molecule has 1 saturated heterocycles. The minimum atomic E-state index is -2.85. The zero-order chi connectivity index (χ0) is 15.6. The van der Waals surface area contributed by atoms with Crippen molar-refractivity contribution < 1.29 is 8.42 Å². The summed E-state index contributed by atoms with van der Waals surface area (Å²) in [7, 11) is -0.856. The summed E-state index contributed by atoms with van der Waals surface area (Å²) >= 11 is 0. The normalized spacial score (nSPS) is 22.2. The molecule has 1 heterocycles. The Kier molecular flexibility index (Phi) is 4.94. The first kappa shape index (κ1) is 16.3. The summed E-state index contributed by atoms with van der Waals surface area (Å²) in [6, 6.07) is 6.67. The maximum atomic E-state index is 11.6. The minimum Gasteiger partial charge on any atom is -0.370 e. The lowest BCUT2D eigenvalue weighted by Gasteiger charge is -2.27. The van der Waals surface area contributed by atoms with Gasteiger partial charge in [-0.15, -0.1) is 0 Å². The molecule has 2 rings (SSSR count). The molecule has 0 spiro atoms. The molecular formula is C16H26N2O2S. The molecule has 1 aromatic rings. The van der Waals surface area contributed by atoms with Crippen molar-refractivity contribution >= 4 is 15.5 Å². The molecule has 1 aromatic carbocycles. The van der Waals surface area contributed by atoms with Gasteiger partial charge in [0.25, 0.3) is 0 Å². The van der Waals surface area contributed by atoms with Gasteiger partial charge in [-0.3, -0.25) is 0 Å². The van der Waals surface area contributed by atoms with E-state index in [1.165, 1.54) is 11.1 Å². The van der Waals surface area contributed by atoms with Crippen LogP contribution in [0.25, 0.3) is 0 Å². The van der Waals surface area contributed by atoms with Crippen molar-refractivity contribution in [2.45, 2.75) is 45.2 Å². The van der Waals surface area contributed by atoms with Crippen LogP contribution in [0.5, 0.6) is 0 Å². The van der Waals surface area contributed by atoms with Gasteiger partial charge in [0.2, 0.25) is 0 Å². The van der Waals surface area contributed by atoms with E-state index in [0.29, 0.717) is 5.75 Å². The Labute approximate surface area is 128 Å². The van der Waals surface area contributed by atoms with Gasteiger partial charge in [-0.25, -0.2) is 8.42 Å². The molecule has 118 valence electrons. The summed E-state index contributed by atoms with van der Waals surface area (Å²) < 4.78 is 23.3. The predicted octanol–water partition coefficient (Wildman–Crippen LogP) is 1.90. The van der Waals surface area contributed by atoms with Crippen LogP contribution >= 0.6 is 0 Å². The second-order valence-corrected chi connectivity index (χ2v) is 8.39. The summed E-state index contributed by atoms with van der Waals surface area (Å²) in [5.41, 5.74) is 9.55. The topological polar surface area (TPSA) is 63.4 Å². The van der Waals surface area contributed by atoms with Gasteiger partial charge >= 0.3 is 0 Å². The lowest BCUT2D eigenvalue weighted by atomic mass is 10.0. The number of nitrogens with zero attached hydrogens (tertiary/aromatic N) is 1. The molecule has 5 heteroatoms. The fourth-order valence-electron chi connectivity index (χ4n) is 2.96. The van der Waals surface area contributed by atoms with E-state index in [9.17, 15) is 8.42 Å². The van der Waals surface area contributed by atoms with Crippen molar-refractivity contribution in [2.75, 3.05) is 23.5 Å². The van der Waals surface area contributed by atoms with Gasteiger partial charge in [0.15, 0.2) is 9.84 Å². The van der Waals surface area contributed by atoms with Crippen LogP contribution in [0, 0.1) is 6.92 Å². The Morgan fingerprint density at radius 2 is 2.14 bits per heavy atom. The fraction of sp³-hybridized carbons (Fsp3) is 0.625. The molecule has 0 aromatic heterocycles. The summed E-state index contributed by atoms with van der Waals surface area (Å²) in [5, 5.41) is 0. The van der Waals surface area contributed by atoms with E-state index in [2.05, 4.69) is 36.9 Å². The van der Waals surface area contributed by atoms with Crippen LogP contribution in [0.15, 0.2) is 18.2 Å². The molecule has 0 saturated carbocycles. The zero-order valence-corrected chi connectivity index (χ0v) is 14.0. The SMILES string of the molecule is CCC(N)Cc1ccc(N(C)C2CCS(=O)(=O)C2)c(C)c1. The van der Waals surface area contributed by atoms with Crippen molar-refractivity contribution in [3.05, 3.63) is 29.3 Å². The van der Waals surface area contributed by atoms with Gasteiger partial charge in [-0.05, 0) is 43.4 Å². The van der Waals surface area contributed by atoms with Crippen LogP contribution in [-0.4, -0.2) is 39.1 Å². The lowest BCUT2D eigenvalue weighted by Crippen LogP contribution is -2.33. The van der Waals surface area contributed by atoms with Gasteiger partial charge in [0.1, 0.15) is 0 Å². The second-order valence-electron chi connectivity index (χ2n) is 6.16. The van der Waals surface area contributed by atoms with Gasteiger partial charge < -0.3 is 10.6 Å². The van der Waals surface area contributed by atoms with Crippen molar-refractivity contribution in [3.63, 3.8) is 0 Å². The van der Waals surface area contributed by atoms with Crippen LogP contribution in [0.2, 0.25) is 0 Å². The quantitative estimate of drug-likeness (QED) is 0.902. The van der Waals surface area contributed by atoms with Crippen LogP contribution < -0.4 is 10.6 Å². The van der Waals surface area contributed by atoms with Gasteiger partial charge in [0, 0.05) is 24.8 Å². The molecule has 4 nitrogen and oxygen atoms in total. The number of aryl methyl sites for hydroxylation is 1. The van der Waals surface area contributed by atoms with Crippen molar-refractivity contribution in [1.29, 1.82) is 0 Å². The molecule has 2 N–H and O–H groups in total. The molecule has 0 amide bonds. The van der Waals surface area contributed by atoms with Gasteiger partial charge in [0.05, 0.1) is 11.5 Å². The van der Waals surface area contributed by atoms with Crippen molar-refractivity contribution in [1.82, 2.24) is 0 Å². The van der Waals surface area contributed by atoms with Crippen LogP contribution in [0.4, 0.5) is 5.69 Å². The summed E-state index contributed by atoms with van der Waals surface area (Å²) in [4.78, 5) is 2.11. The fourth-order valence-corrected chi connectivity index (χ4v) is 4.74. The Bertz CT molecular complexity index is 598. The molecule has 0 bridgehead atoms. The van der Waals surface area contributed by atoms with Gasteiger partial charge in [-0.1, -0.05) is 19.1 Å². The number of benzene rings is 1. The number of rotatable bonds is 5. The first-order valence-corrected chi connectivity index (χ1v) is 9.43. The van der Waals surface area contributed by atoms with Crippen molar-refractivity contribution in [2.24, 2.45) is 5.73 Å². The monoisotopic (exact) mass is 310 g/mol. The average molecular weight is 310 g/mol. The molecular weight excluding hydrogens is 284 g/mol. The van der Waals surface area contributed by atoms with E-state index in [1.54, 1.807) is 0 Å². The summed E-state index contributed by atoms with van der Waals surface area (Å²) in [5.74, 6) is 0.579. The number of nitrogens with two attached hydrogens (primary N) is 1. The predicted molar refractivity (Wildman–Crippen MR) is 88.6 cm³/mol. The second kappa shape index (κ2) is 6.36. The maximum absolute atomic E-state index is 11.6. The Balaban J connectivity index is 2.13. The Morgan fingerprint density at radius 3 is 2.67 bits per heavy atom.